The van der Waals surface area contributed by atoms with E-state index in [4.69, 9.17) is 0 Å². The molecule has 3 nitrogen and oxygen atoms in total. The summed E-state index contributed by atoms with van der Waals surface area (Å²) in [5.41, 5.74) is -2.79. The average molecular weight is 256 g/mol. The molecular formula is C15H28O3. The van der Waals surface area contributed by atoms with Gasteiger partial charge >= 0.3 is 0 Å². The van der Waals surface area contributed by atoms with Crippen LogP contribution in [0.15, 0.2) is 0 Å². The molecule has 3 N–H and O–H groups in total. The van der Waals surface area contributed by atoms with E-state index in [1.54, 1.807) is 13.8 Å². The quantitative estimate of drug-likeness (QED) is 0.674. The molecular weight excluding hydrogens is 228 g/mol. The van der Waals surface area contributed by atoms with Crippen molar-refractivity contribution in [3.05, 3.63) is 0 Å². The summed E-state index contributed by atoms with van der Waals surface area (Å²) >= 11 is 0. The van der Waals surface area contributed by atoms with Crippen molar-refractivity contribution in [2.75, 3.05) is 0 Å². The zero-order valence-electron chi connectivity index (χ0n) is 12.2. The van der Waals surface area contributed by atoms with E-state index in [1.165, 1.54) is 0 Å². The molecule has 0 heterocycles. The lowest BCUT2D eigenvalue weighted by atomic mass is 9.51. The molecule has 0 radical (unpaired) electrons. The van der Waals surface area contributed by atoms with Crippen molar-refractivity contribution in [1.82, 2.24) is 0 Å². The van der Waals surface area contributed by atoms with Crippen molar-refractivity contribution in [3.63, 3.8) is 0 Å². The third-order valence-corrected chi connectivity index (χ3v) is 5.81. The van der Waals surface area contributed by atoms with Crippen molar-refractivity contribution in [1.29, 1.82) is 0 Å². The molecule has 0 aromatic heterocycles. The Balaban J connectivity index is 2.30. The Morgan fingerprint density at radius 2 is 1.61 bits per heavy atom. The second-order valence-electron chi connectivity index (χ2n) is 7.71. The van der Waals surface area contributed by atoms with E-state index in [0.717, 1.165) is 25.7 Å². The van der Waals surface area contributed by atoms with Crippen molar-refractivity contribution in [2.45, 2.75) is 83.0 Å². The molecule has 18 heavy (non-hydrogen) atoms. The van der Waals surface area contributed by atoms with Gasteiger partial charge in [-0.2, -0.15) is 0 Å². The van der Waals surface area contributed by atoms with Crippen molar-refractivity contribution >= 4 is 0 Å². The van der Waals surface area contributed by atoms with E-state index in [9.17, 15) is 15.3 Å². The normalized spacial score (nSPS) is 49.8. The summed E-state index contributed by atoms with van der Waals surface area (Å²) in [4.78, 5) is 0. The van der Waals surface area contributed by atoms with E-state index < -0.39 is 16.8 Å². The third-order valence-electron chi connectivity index (χ3n) is 5.81. The lowest BCUT2D eigenvalue weighted by Crippen LogP contribution is -2.61. The Morgan fingerprint density at radius 1 is 1.00 bits per heavy atom. The number of hydrogen-bond donors (Lipinski definition) is 3. The smallest absolute Gasteiger partial charge is 0.0932 e. The van der Waals surface area contributed by atoms with E-state index in [2.05, 4.69) is 6.92 Å². The molecule has 0 aliphatic heterocycles. The molecule has 0 spiro atoms. The summed E-state index contributed by atoms with van der Waals surface area (Å²) in [5.74, 6) is 0.0731. The fraction of sp³-hybridized carbons (Fsp3) is 1.00. The van der Waals surface area contributed by atoms with Crippen LogP contribution in [0.2, 0.25) is 0 Å². The highest BCUT2D eigenvalue weighted by Crippen LogP contribution is 2.57. The van der Waals surface area contributed by atoms with Gasteiger partial charge in [-0.25, -0.2) is 0 Å². The summed E-state index contributed by atoms with van der Waals surface area (Å²) in [6.45, 7) is 7.47. The first-order valence-electron chi connectivity index (χ1n) is 7.17. The van der Waals surface area contributed by atoms with Gasteiger partial charge in [-0.3, -0.25) is 0 Å². The first-order valence-corrected chi connectivity index (χ1v) is 7.17. The predicted octanol–water partition coefficient (Wildman–Crippen LogP) is 2.23. The highest BCUT2D eigenvalue weighted by molar-refractivity contribution is 5.09. The monoisotopic (exact) mass is 256 g/mol. The molecule has 0 saturated heterocycles. The van der Waals surface area contributed by atoms with Crippen LogP contribution in [0.4, 0.5) is 0 Å². The molecule has 0 aromatic carbocycles. The van der Waals surface area contributed by atoms with Crippen LogP contribution in [0.25, 0.3) is 0 Å². The maximum atomic E-state index is 10.7. The van der Waals surface area contributed by atoms with Crippen LogP contribution in [0.3, 0.4) is 0 Å². The maximum Gasteiger partial charge on any atom is 0.0932 e. The minimum Gasteiger partial charge on any atom is -0.390 e. The first kappa shape index (κ1) is 14.3. The molecule has 0 amide bonds. The Bertz CT molecular complexity index is 331. The highest BCUT2D eigenvalue weighted by atomic mass is 16.4. The molecule has 0 unspecified atom stereocenters. The lowest BCUT2D eigenvalue weighted by molar-refractivity contribution is -0.213. The van der Waals surface area contributed by atoms with Gasteiger partial charge in [-0.1, -0.05) is 13.3 Å². The van der Waals surface area contributed by atoms with Gasteiger partial charge < -0.3 is 15.3 Å². The predicted molar refractivity (Wildman–Crippen MR) is 71.2 cm³/mol. The highest BCUT2D eigenvalue weighted by Gasteiger charge is 2.57. The summed E-state index contributed by atoms with van der Waals surface area (Å²) in [5, 5.41) is 31.6. The van der Waals surface area contributed by atoms with Gasteiger partial charge in [0.25, 0.3) is 0 Å². The lowest BCUT2D eigenvalue weighted by Gasteiger charge is -2.58. The second kappa shape index (κ2) is 3.94. The van der Waals surface area contributed by atoms with Gasteiger partial charge in [-0.15, -0.1) is 0 Å². The molecule has 2 aliphatic carbocycles. The molecule has 106 valence electrons. The van der Waals surface area contributed by atoms with Crippen LogP contribution in [0.1, 0.15) is 66.2 Å². The average Bonchev–Trinajstić information content (AvgIpc) is 2.19. The van der Waals surface area contributed by atoms with E-state index in [1.807, 2.05) is 6.92 Å². The van der Waals surface area contributed by atoms with E-state index in [0.29, 0.717) is 12.8 Å². The first-order chi connectivity index (χ1) is 8.00. The van der Waals surface area contributed by atoms with Crippen LogP contribution in [0, 0.1) is 11.3 Å². The molecule has 4 atom stereocenters. The SMILES string of the molecule is CC(C)(O)[C@@]1(O)CC[C@]2(C)CCC[C@](C)(O)[C@H]2C1. The van der Waals surface area contributed by atoms with Gasteiger partial charge in [0.05, 0.1) is 16.8 Å². The van der Waals surface area contributed by atoms with Crippen LogP contribution >= 0.6 is 0 Å². The van der Waals surface area contributed by atoms with Gasteiger partial charge in [0, 0.05) is 0 Å². The molecule has 0 bridgehead atoms. The van der Waals surface area contributed by atoms with Gasteiger partial charge in [0.2, 0.25) is 0 Å². The van der Waals surface area contributed by atoms with E-state index >= 15 is 0 Å². The van der Waals surface area contributed by atoms with Crippen LogP contribution in [0.5, 0.6) is 0 Å². The molecule has 3 heteroatoms. The zero-order valence-corrected chi connectivity index (χ0v) is 12.2. The Morgan fingerprint density at radius 3 is 2.17 bits per heavy atom. The zero-order chi connectivity index (χ0) is 13.8. The molecule has 2 fully saturated rings. The fourth-order valence-corrected chi connectivity index (χ4v) is 4.20. The molecule has 0 aromatic rings. The Labute approximate surface area is 110 Å². The number of fused-ring (bicyclic) bond motifs is 1. The van der Waals surface area contributed by atoms with Gasteiger partial charge in [0.15, 0.2) is 0 Å². The van der Waals surface area contributed by atoms with Crippen LogP contribution < -0.4 is 0 Å². The molecule has 2 rings (SSSR count). The van der Waals surface area contributed by atoms with E-state index in [-0.39, 0.29) is 11.3 Å². The largest absolute Gasteiger partial charge is 0.390 e. The van der Waals surface area contributed by atoms with Crippen LogP contribution in [-0.2, 0) is 0 Å². The summed E-state index contributed by atoms with van der Waals surface area (Å²) in [6.07, 6.45) is 4.99. The Kier molecular flexibility index (Phi) is 3.13. The topological polar surface area (TPSA) is 60.7 Å². The standard InChI is InChI=1S/C15H28O3/c1-12(2,16)15(18)9-8-13(3)6-5-7-14(4,17)11(13)10-15/h11,16-18H,5-10H2,1-4H3/t11-,13-,14-,15+/m0/s1. The fourth-order valence-electron chi connectivity index (χ4n) is 4.20. The van der Waals surface area contributed by atoms with Crippen molar-refractivity contribution in [3.8, 4) is 0 Å². The minimum absolute atomic E-state index is 0.0731. The summed E-state index contributed by atoms with van der Waals surface area (Å²) in [7, 11) is 0. The number of hydrogen-bond acceptors (Lipinski definition) is 3. The maximum absolute atomic E-state index is 10.7. The van der Waals surface area contributed by atoms with Crippen molar-refractivity contribution < 1.29 is 15.3 Å². The summed E-state index contributed by atoms with van der Waals surface area (Å²) < 4.78 is 0. The summed E-state index contributed by atoms with van der Waals surface area (Å²) in [6, 6.07) is 0. The number of aliphatic hydroxyl groups is 3. The molecule has 2 saturated carbocycles. The third kappa shape index (κ3) is 2.10. The van der Waals surface area contributed by atoms with Crippen LogP contribution in [-0.4, -0.2) is 32.1 Å². The second-order valence-corrected chi connectivity index (χ2v) is 7.71. The van der Waals surface area contributed by atoms with Crippen molar-refractivity contribution in [2.24, 2.45) is 11.3 Å². The van der Waals surface area contributed by atoms with Gasteiger partial charge in [0.1, 0.15) is 0 Å². The Hall–Kier alpha value is -0.120. The number of rotatable bonds is 1. The van der Waals surface area contributed by atoms with Gasteiger partial charge in [-0.05, 0) is 64.2 Å². The molecule has 2 aliphatic rings. The minimum atomic E-state index is -1.11.